The van der Waals surface area contributed by atoms with Crippen LogP contribution in [0.2, 0.25) is 0 Å². The molecular formula is C78H146N2O7P+. The molecule has 3 atom stereocenters. The van der Waals surface area contributed by atoms with E-state index in [1.807, 2.05) is 33.3 Å². The lowest BCUT2D eigenvalue weighted by molar-refractivity contribution is -0.870. The minimum absolute atomic E-state index is 0.0393. The van der Waals surface area contributed by atoms with Gasteiger partial charge in [0.25, 0.3) is 0 Å². The highest BCUT2D eigenvalue weighted by Crippen LogP contribution is 2.43. The Labute approximate surface area is 546 Å². The van der Waals surface area contributed by atoms with Gasteiger partial charge in [0, 0.05) is 12.8 Å². The van der Waals surface area contributed by atoms with E-state index < -0.39 is 20.0 Å². The van der Waals surface area contributed by atoms with Crippen LogP contribution in [0.4, 0.5) is 0 Å². The van der Waals surface area contributed by atoms with Gasteiger partial charge >= 0.3 is 13.8 Å². The number of phosphoric acid groups is 1. The molecule has 514 valence electrons. The van der Waals surface area contributed by atoms with E-state index in [-0.39, 0.29) is 31.5 Å². The molecule has 10 heteroatoms. The van der Waals surface area contributed by atoms with Crippen molar-refractivity contribution in [3.63, 3.8) is 0 Å². The third kappa shape index (κ3) is 67.8. The standard InChI is InChI=1S/C78H145N2O7P/c1-7-10-13-16-19-22-25-28-30-32-34-36-38-39-40-41-43-44-46-48-50-52-55-58-61-64-67-70-77(81)79-75(74-86-88(83,84)85-73-72-80(4,5)6)76(69-66-63-60-57-54-27-24-21-18-15-12-9-3)87-78(82)71-68-65-62-59-56-53-51-49-47-45-42-37-35-33-31-29-26-23-20-17-14-11-8-2/h19-20,22-23,28-31,35,37,66,69,75-76H,7-18,21,24-27,32-34,36,38-65,67-68,70-74H2,1-6H3,(H-,79,81,83,84)/p+1/b22-19-,23-20-,30-28-,31-29-,37-35-,69-66-. The maximum Gasteiger partial charge on any atom is 0.472 e. The number of hydrogen-bond donors (Lipinski definition) is 2. The Hall–Kier alpha value is -2.55. The van der Waals surface area contributed by atoms with Crippen LogP contribution in [-0.2, 0) is 27.9 Å². The smallest absolute Gasteiger partial charge is 0.456 e. The lowest BCUT2D eigenvalue weighted by Crippen LogP contribution is -2.47. The summed E-state index contributed by atoms with van der Waals surface area (Å²) in [4.78, 5) is 38.0. The highest BCUT2D eigenvalue weighted by molar-refractivity contribution is 7.47. The fourth-order valence-corrected chi connectivity index (χ4v) is 11.8. The molecule has 0 saturated carbocycles. The molecule has 0 spiro atoms. The number of unbranched alkanes of at least 4 members (excludes halogenated alkanes) is 43. The summed E-state index contributed by atoms with van der Waals surface area (Å²) in [6.45, 7) is 7.00. The number of carbonyl (C=O) groups is 2. The van der Waals surface area contributed by atoms with Gasteiger partial charge in [-0.2, -0.15) is 0 Å². The van der Waals surface area contributed by atoms with E-state index in [4.69, 9.17) is 13.8 Å². The molecule has 0 heterocycles. The molecule has 0 aromatic heterocycles. The molecule has 0 bridgehead atoms. The minimum Gasteiger partial charge on any atom is -0.456 e. The van der Waals surface area contributed by atoms with Gasteiger partial charge in [-0.3, -0.25) is 18.6 Å². The summed E-state index contributed by atoms with van der Waals surface area (Å²) in [5.74, 6) is -0.496. The van der Waals surface area contributed by atoms with Gasteiger partial charge in [0.2, 0.25) is 5.91 Å². The van der Waals surface area contributed by atoms with E-state index in [2.05, 4.69) is 86.8 Å². The van der Waals surface area contributed by atoms with E-state index in [9.17, 15) is 19.0 Å². The molecule has 0 aromatic rings. The molecule has 0 aliphatic carbocycles. The Bertz CT molecular complexity index is 1730. The van der Waals surface area contributed by atoms with Crippen molar-refractivity contribution in [2.45, 2.75) is 373 Å². The minimum atomic E-state index is -4.46. The first-order valence-corrected chi connectivity index (χ1v) is 39.3. The predicted molar refractivity (Wildman–Crippen MR) is 383 cm³/mol. The van der Waals surface area contributed by atoms with E-state index in [0.717, 1.165) is 77.0 Å². The second kappa shape index (κ2) is 67.3. The number of likely N-dealkylation sites (N-methyl/N-ethyl adjacent to an activating group) is 1. The van der Waals surface area contributed by atoms with Crippen LogP contribution in [0, 0.1) is 0 Å². The Morgan fingerprint density at radius 3 is 1.06 bits per heavy atom. The number of ether oxygens (including phenoxy) is 1. The molecule has 0 aromatic carbocycles. The van der Waals surface area contributed by atoms with Crippen LogP contribution < -0.4 is 5.32 Å². The van der Waals surface area contributed by atoms with Crippen molar-refractivity contribution in [1.82, 2.24) is 5.32 Å². The molecule has 2 N–H and O–H groups in total. The number of carbonyl (C=O) groups excluding carboxylic acids is 2. The van der Waals surface area contributed by atoms with Crippen LogP contribution in [0.5, 0.6) is 0 Å². The van der Waals surface area contributed by atoms with Gasteiger partial charge in [0.05, 0.1) is 33.8 Å². The number of quaternary nitrogens is 1. The van der Waals surface area contributed by atoms with Crippen molar-refractivity contribution in [3.05, 3.63) is 72.9 Å². The molecule has 0 rings (SSSR count). The number of allylic oxidation sites excluding steroid dienone is 11. The van der Waals surface area contributed by atoms with Gasteiger partial charge in [0.1, 0.15) is 19.3 Å². The summed E-state index contributed by atoms with van der Waals surface area (Å²) in [6.07, 6.45) is 89.2. The number of nitrogens with zero attached hydrogens (tertiary/aromatic N) is 1. The molecule has 3 unspecified atom stereocenters. The molecule has 9 nitrogen and oxygen atoms in total. The molecular weight excluding hydrogens is 1110 g/mol. The first kappa shape index (κ1) is 85.5. The zero-order chi connectivity index (χ0) is 64.2. The van der Waals surface area contributed by atoms with Crippen molar-refractivity contribution in [1.29, 1.82) is 0 Å². The highest BCUT2D eigenvalue weighted by Gasteiger charge is 2.30. The van der Waals surface area contributed by atoms with E-state index in [0.29, 0.717) is 17.4 Å². The quantitative estimate of drug-likeness (QED) is 0.0205. The van der Waals surface area contributed by atoms with Gasteiger partial charge in [-0.25, -0.2) is 4.57 Å². The summed E-state index contributed by atoms with van der Waals surface area (Å²) in [7, 11) is 1.50. The van der Waals surface area contributed by atoms with Gasteiger partial charge in [0.15, 0.2) is 0 Å². The Kier molecular flexibility index (Phi) is 65.4. The normalized spacial score (nSPS) is 13.9. The van der Waals surface area contributed by atoms with Gasteiger partial charge in [-0.15, -0.1) is 0 Å². The first-order valence-electron chi connectivity index (χ1n) is 37.8. The molecule has 0 radical (unpaired) electrons. The van der Waals surface area contributed by atoms with Crippen molar-refractivity contribution in [2.24, 2.45) is 0 Å². The van der Waals surface area contributed by atoms with E-state index in [1.54, 1.807) is 0 Å². The fourth-order valence-electron chi connectivity index (χ4n) is 11.0. The maximum absolute atomic E-state index is 13.6. The SMILES string of the molecule is CCCCC/C=C\C/C=C\C/C=C\CCCCCCCCCCCCC(=O)OC(/C=C\CCCCCCCCCCCC)C(COP(=O)(O)OCC[N+](C)(C)C)NC(=O)CCCCCCCCCCCCCCCCCCC/C=C\C/C=C\CCCCC. The molecule has 1 amide bonds. The summed E-state index contributed by atoms with van der Waals surface area (Å²) in [5.41, 5.74) is 0. The van der Waals surface area contributed by atoms with Crippen LogP contribution in [0.3, 0.4) is 0 Å². The third-order valence-corrected chi connectivity index (χ3v) is 17.9. The van der Waals surface area contributed by atoms with Crippen molar-refractivity contribution < 1.29 is 37.3 Å². The molecule has 0 saturated heterocycles. The Balaban J connectivity index is 4.97. The summed E-state index contributed by atoms with van der Waals surface area (Å²) < 4.78 is 30.9. The molecule has 88 heavy (non-hydrogen) atoms. The van der Waals surface area contributed by atoms with Crippen molar-refractivity contribution in [2.75, 3.05) is 40.9 Å². The van der Waals surface area contributed by atoms with Crippen molar-refractivity contribution in [3.8, 4) is 0 Å². The number of amides is 1. The topological polar surface area (TPSA) is 111 Å². The van der Waals surface area contributed by atoms with Crippen LogP contribution >= 0.6 is 7.82 Å². The maximum atomic E-state index is 13.6. The number of esters is 1. The van der Waals surface area contributed by atoms with Gasteiger partial charge in [-0.1, -0.05) is 319 Å². The Morgan fingerprint density at radius 2 is 0.693 bits per heavy atom. The summed E-state index contributed by atoms with van der Waals surface area (Å²) in [5, 5.41) is 3.08. The first-order chi connectivity index (χ1) is 42.9. The van der Waals surface area contributed by atoms with E-state index >= 15 is 0 Å². The monoisotopic (exact) mass is 1250 g/mol. The average molecular weight is 1260 g/mol. The van der Waals surface area contributed by atoms with Crippen LogP contribution in [0.1, 0.15) is 361 Å². The van der Waals surface area contributed by atoms with Gasteiger partial charge in [-0.05, 0) is 102 Å². The molecule has 0 aliphatic heterocycles. The van der Waals surface area contributed by atoms with Crippen LogP contribution in [-0.4, -0.2) is 74.3 Å². The molecule has 0 fully saturated rings. The number of phosphoric ester groups is 1. The zero-order valence-corrected chi connectivity index (χ0v) is 59.9. The van der Waals surface area contributed by atoms with Crippen LogP contribution in [0.15, 0.2) is 72.9 Å². The summed E-state index contributed by atoms with van der Waals surface area (Å²) >= 11 is 0. The third-order valence-electron chi connectivity index (χ3n) is 16.9. The van der Waals surface area contributed by atoms with Crippen molar-refractivity contribution >= 4 is 19.7 Å². The average Bonchev–Trinajstić information content (AvgIpc) is 3.71. The Morgan fingerprint density at radius 1 is 0.398 bits per heavy atom. The lowest BCUT2D eigenvalue weighted by Gasteiger charge is -2.27. The summed E-state index contributed by atoms with van der Waals surface area (Å²) in [6, 6.07) is -0.852. The second-order valence-electron chi connectivity index (χ2n) is 26.8. The lowest BCUT2D eigenvalue weighted by atomic mass is 10.0. The number of rotatable bonds is 69. The zero-order valence-electron chi connectivity index (χ0n) is 59.0. The largest absolute Gasteiger partial charge is 0.472 e. The highest BCUT2D eigenvalue weighted by atomic mass is 31.2. The second-order valence-corrected chi connectivity index (χ2v) is 28.3. The fraction of sp³-hybridized carbons (Fsp3) is 0.821. The van der Waals surface area contributed by atoms with E-state index in [1.165, 1.54) is 250 Å². The van der Waals surface area contributed by atoms with Gasteiger partial charge < -0.3 is 19.4 Å². The van der Waals surface area contributed by atoms with Crippen LogP contribution in [0.25, 0.3) is 0 Å². The predicted octanol–water partition coefficient (Wildman–Crippen LogP) is 24.3. The molecule has 0 aliphatic rings. The number of hydrogen-bond acceptors (Lipinski definition) is 6. The number of nitrogens with one attached hydrogen (secondary N) is 1.